The fraction of sp³-hybridized carbons (Fsp3) is 0.286. The average Bonchev–Trinajstić information content (AvgIpc) is 3.07. The summed E-state index contributed by atoms with van der Waals surface area (Å²) in [7, 11) is 0. The number of furan rings is 1. The molecule has 1 amide bonds. The minimum absolute atomic E-state index is 0.0798. The summed E-state index contributed by atoms with van der Waals surface area (Å²) in [5.41, 5.74) is 1.09. The molecule has 104 valence electrons. The number of aromatic carboxylic acids is 1. The molecule has 0 bridgehead atoms. The van der Waals surface area contributed by atoms with Crippen LogP contribution in [0, 0.1) is 5.92 Å². The van der Waals surface area contributed by atoms with Gasteiger partial charge in [0.15, 0.2) is 0 Å². The number of carboxylic acid groups (broad SMARTS) is 1. The van der Waals surface area contributed by atoms with Gasteiger partial charge in [0.25, 0.3) is 0 Å². The Morgan fingerprint density at radius 3 is 2.85 bits per heavy atom. The summed E-state index contributed by atoms with van der Waals surface area (Å²) in [5, 5.41) is 12.3. The maximum Gasteiger partial charge on any atom is 0.371 e. The van der Waals surface area contributed by atoms with Crippen LogP contribution in [0.1, 0.15) is 17.0 Å². The Bertz CT molecular complexity index is 669. The zero-order valence-electron chi connectivity index (χ0n) is 10.6. The molecule has 0 saturated carbocycles. The third kappa shape index (κ3) is 2.37. The molecule has 1 saturated heterocycles. The largest absolute Gasteiger partial charge is 0.475 e. The first-order chi connectivity index (χ1) is 9.63. The number of ether oxygens (including phenoxy) is 1. The first-order valence-corrected chi connectivity index (χ1v) is 6.29. The van der Waals surface area contributed by atoms with Gasteiger partial charge in [-0.05, 0) is 30.7 Å². The lowest BCUT2D eigenvalue weighted by Gasteiger charge is -2.09. The van der Waals surface area contributed by atoms with Gasteiger partial charge in [-0.1, -0.05) is 0 Å². The molecule has 2 heterocycles. The Balaban J connectivity index is 1.81. The van der Waals surface area contributed by atoms with Crippen molar-refractivity contribution in [2.45, 2.75) is 6.42 Å². The summed E-state index contributed by atoms with van der Waals surface area (Å²) in [6.45, 7) is 1.06. The highest BCUT2D eigenvalue weighted by atomic mass is 16.5. The van der Waals surface area contributed by atoms with Gasteiger partial charge >= 0.3 is 5.97 Å². The zero-order valence-corrected chi connectivity index (χ0v) is 10.6. The van der Waals surface area contributed by atoms with Gasteiger partial charge < -0.3 is 19.6 Å². The van der Waals surface area contributed by atoms with E-state index < -0.39 is 5.97 Å². The van der Waals surface area contributed by atoms with Crippen LogP contribution < -0.4 is 5.32 Å². The van der Waals surface area contributed by atoms with Crippen molar-refractivity contribution in [3.05, 3.63) is 30.0 Å². The monoisotopic (exact) mass is 275 g/mol. The number of fused-ring (bicyclic) bond motifs is 1. The van der Waals surface area contributed by atoms with Crippen LogP contribution in [0.2, 0.25) is 0 Å². The maximum absolute atomic E-state index is 12.0. The third-order valence-corrected chi connectivity index (χ3v) is 3.30. The molecular weight excluding hydrogens is 262 g/mol. The molecule has 6 heteroatoms. The van der Waals surface area contributed by atoms with Crippen molar-refractivity contribution in [1.29, 1.82) is 0 Å². The normalized spacial score (nSPS) is 18.3. The molecule has 1 unspecified atom stereocenters. The predicted octanol–water partition coefficient (Wildman–Crippen LogP) is 2.11. The van der Waals surface area contributed by atoms with E-state index >= 15 is 0 Å². The Kier molecular flexibility index (Phi) is 3.15. The molecule has 3 rings (SSSR count). The molecule has 1 fully saturated rings. The van der Waals surface area contributed by atoms with Gasteiger partial charge in [-0.25, -0.2) is 4.79 Å². The summed E-state index contributed by atoms with van der Waals surface area (Å²) in [6.07, 6.45) is 0.725. The van der Waals surface area contributed by atoms with E-state index in [4.69, 9.17) is 14.3 Å². The summed E-state index contributed by atoms with van der Waals surface area (Å²) in [5.74, 6) is -1.43. The molecule has 2 aromatic rings. The highest BCUT2D eigenvalue weighted by Crippen LogP contribution is 2.24. The Morgan fingerprint density at radius 2 is 2.15 bits per heavy atom. The van der Waals surface area contributed by atoms with Crippen LogP contribution in [0.5, 0.6) is 0 Å². The smallest absolute Gasteiger partial charge is 0.371 e. The summed E-state index contributed by atoms with van der Waals surface area (Å²) in [4.78, 5) is 22.8. The van der Waals surface area contributed by atoms with Gasteiger partial charge in [0.1, 0.15) is 5.58 Å². The average molecular weight is 275 g/mol. The Labute approximate surface area is 114 Å². The second-order valence-corrected chi connectivity index (χ2v) is 4.72. The number of nitrogens with one attached hydrogen (secondary N) is 1. The van der Waals surface area contributed by atoms with E-state index in [9.17, 15) is 9.59 Å². The van der Waals surface area contributed by atoms with Crippen molar-refractivity contribution in [3.8, 4) is 0 Å². The van der Waals surface area contributed by atoms with Crippen LogP contribution in [0.3, 0.4) is 0 Å². The van der Waals surface area contributed by atoms with Crippen molar-refractivity contribution in [1.82, 2.24) is 0 Å². The highest BCUT2D eigenvalue weighted by Gasteiger charge is 2.23. The van der Waals surface area contributed by atoms with E-state index in [2.05, 4.69) is 5.32 Å². The number of hydrogen-bond acceptors (Lipinski definition) is 4. The topological polar surface area (TPSA) is 88.8 Å². The zero-order chi connectivity index (χ0) is 14.1. The minimum atomic E-state index is -1.12. The molecule has 6 nitrogen and oxygen atoms in total. The van der Waals surface area contributed by atoms with Gasteiger partial charge in [-0.15, -0.1) is 0 Å². The lowest BCUT2D eigenvalue weighted by atomic mass is 10.1. The summed E-state index contributed by atoms with van der Waals surface area (Å²) >= 11 is 0. The molecule has 2 N–H and O–H groups in total. The molecule has 1 aliphatic rings. The molecule has 0 radical (unpaired) electrons. The van der Waals surface area contributed by atoms with E-state index in [-0.39, 0.29) is 17.6 Å². The van der Waals surface area contributed by atoms with Crippen molar-refractivity contribution in [2.75, 3.05) is 18.5 Å². The lowest BCUT2D eigenvalue weighted by Crippen LogP contribution is -2.22. The molecule has 1 atom stereocenters. The number of anilines is 1. The molecule has 0 aliphatic carbocycles. The fourth-order valence-corrected chi connectivity index (χ4v) is 2.21. The number of carbonyl (C=O) groups excluding carboxylic acids is 1. The number of carbonyl (C=O) groups is 2. The molecule has 1 aliphatic heterocycles. The van der Waals surface area contributed by atoms with Crippen LogP contribution in [-0.4, -0.2) is 30.2 Å². The Morgan fingerprint density at radius 1 is 1.30 bits per heavy atom. The van der Waals surface area contributed by atoms with Gasteiger partial charge in [-0.3, -0.25) is 4.79 Å². The first kappa shape index (κ1) is 12.7. The van der Waals surface area contributed by atoms with E-state index in [0.29, 0.717) is 29.9 Å². The summed E-state index contributed by atoms with van der Waals surface area (Å²) in [6, 6.07) is 6.46. The lowest BCUT2D eigenvalue weighted by molar-refractivity contribution is -0.119. The number of rotatable bonds is 3. The number of amides is 1. The Hall–Kier alpha value is -2.34. The second-order valence-electron chi connectivity index (χ2n) is 4.72. The number of carboxylic acids is 1. The van der Waals surface area contributed by atoms with Crippen LogP contribution in [0.15, 0.2) is 28.7 Å². The fourth-order valence-electron chi connectivity index (χ4n) is 2.21. The van der Waals surface area contributed by atoms with Crippen molar-refractivity contribution in [3.63, 3.8) is 0 Å². The molecule has 1 aromatic carbocycles. The molecule has 0 spiro atoms. The van der Waals surface area contributed by atoms with E-state index in [1.165, 1.54) is 6.07 Å². The van der Waals surface area contributed by atoms with E-state index in [1.54, 1.807) is 18.2 Å². The first-order valence-electron chi connectivity index (χ1n) is 6.29. The van der Waals surface area contributed by atoms with Crippen LogP contribution in [0.4, 0.5) is 5.69 Å². The third-order valence-electron chi connectivity index (χ3n) is 3.30. The molecule has 20 heavy (non-hydrogen) atoms. The highest BCUT2D eigenvalue weighted by molar-refractivity contribution is 5.96. The van der Waals surface area contributed by atoms with Crippen LogP contribution in [0.25, 0.3) is 11.0 Å². The quantitative estimate of drug-likeness (QED) is 0.895. The van der Waals surface area contributed by atoms with Gasteiger partial charge in [-0.2, -0.15) is 0 Å². The minimum Gasteiger partial charge on any atom is -0.475 e. The van der Waals surface area contributed by atoms with Crippen molar-refractivity contribution in [2.24, 2.45) is 5.92 Å². The van der Waals surface area contributed by atoms with Gasteiger partial charge in [0.05, 0.1) is 12.5 Å². The standard InChI is InChI=1S/C14H13NO5/c16-13(8-3-4-19-7-8)15-10-1-2-11-9(5-10)6-12(20-11)14(17)18/h1-2,5-6,8H,3-4,7H2,(H,15,16)(H,17,18). The maximum atomic E-state index is 12.0. The van der Waals surface area contributed by atoms with Crippen molar-refractivity contribution >= 4 is 28.5 Å². The predicted molar refractivity (Wildman–Crippen MR) is 70.7 cm³/mol. The summed E-state index contributed by atoms with van der Waals surface area (Å²) < 4.78 is 10.3. The SMILES string of the molecule is O=C(O)c1cc2cc(NC(=O)C3CCOC3)ccc2o1. The molecule has 1 aromatic heterocycles. The van der Waals surface area contributed by atoms with Crippen LogP contribution >= 0.6 is 0 Å². The second kappa shape index (κ2) is 4.97. The van der Waals surface area contributed by atoms with Gasteiger partial charge in [0.2, 0.25) is 11.7 Å². The van der Waals surface area contributed by atoms with E-state index in [0.717, 1.165) is 6.42 Å². The molecular formula is C14H13NO5. The number of benzene rings is 1. The van der Waals surface area contributed by atoms with Crippen molar-refractivity contribution < 1.29 is 23.8 Å². The van der Waals surface area contributed by atoms with Crippen LogP contribution in [-0.2, 0) is 9.53 Å². The van der Waals surface area contributed by atoms with Gasteiger partial charge in [0, 0.05) is 17.7 Å². The number of hydrogen-bond donors (Lipinski definition) is 2. The van der Waals surface area contributed by atoms with E-state index in [1.807, 2.05) is 0 Å².